The summed E-state index contributed by atoms with van der Waals surface area (Å²) in [7, 11) is 1.84. The lowest BCUT2D eigenvalue weighted by Gasteiger charge is -2.24. The molecule has 0 spiro atoms. The standard InChI is InChI=1S/C19H21FN2O2/c1-22(17-8-9-21-12-17)19(23)15-5-2-4-14(10-15)13-24-18-7-3-6-16(20)11-18/h2-7,10-11,17,21H,8-9,12-13H2,1H3. The number of carbonyl (C=O) groups is 1. The second kappa shape index (κ2) is 7.45. The molecule has 24 heavy (non-hydrogen) atoms. The van der Waals surface area contributed by atoms with Crippen LogP contribution in [0.5, 0.6) is 5.75 Å². The highest BCUT2D eigenvalue weighted by Crippen LogP contribution is 2.16. The summed E-state index contributed by atoms with van der Waals surface area (Å²) in [6, 6.07) is 13.7. The van der Waals surface area contributed by atoms with Crippen LogP contribution < -0.4 is 10.1 Å². The smallest absolute Gasteiger partial charge is 0.253 e. The van der Waals surface area contributed by atoms with Gasteiger partial charge in [-0.1, -0.05) is 18.2 Å². The van der Waals surface area contributed by atoms with Crippen LogP contribution in [0.4, 0.5) is 4.39 Å². The van der Waals surface area contributed by atoms with Gasteiger partial charge in [0.05, 0.1) is 0 Å². The van der Waals surface area contributed by atoms with E-state index in [0.717, 1.165) is 25.1 Å². The molecule has 1 atom stereocenters. The lowest BCUT2D eigenvalue weighted by atomic mass is 10.1. The molecule has 0 radical (unpaired) electrons. The zero-order valence-corrected chi connectivity index (χ0v) is 13.7. The number of halogens is 1. The fourth-order valence-corrected chi connectivity index (χ4v) is 2.86. The van der Waals surface area contributed by atoms with Gasteiger partial charge in [-0.15, -0.1) is 0 Å². The molecule has 1 unspecified atom stereocenters. The van der Waals surface area contributed by atoms with Gasteiger partial charge in [-0.2, -0.15) is 0 Å². The lowest BCUT2D eigenvalue weighted by Crippen LogP contribution is -2.38. The molecule has 1 fully saturated rings. The van der Waals surface area contributed by atoms with Crippen LogP contribution in [0.3, 0.4) is 0 Å². The Hall–Kier alpha value is -2.40. The van der Waals surface area contributed by atoms with Crippen LogP contribution >= 0.6 is 0 Å². The van der Waals surface area contributed by atoms with Gasteiger partial charge in [-0.3, -0.25) is 4.79 Å². The van der Waals surface area contributed by atoms with E-state index in [9.17, 15) is 9.18 Å². The van der Waals surface area contributed by atoms with Crippen molar-refractivity contribution in [3.63, 3.8) is 0 Å². The number of nitrogens with one attached hydrogen (secondary N) is 1. The van der Waals surface area contributed by atoms with Crippen LogP contribution in [0.2, 0.25) is 0 Å². The second-order valence-electron chi connectivity index (χ2n) is 6.01. The largest absolute Gasteiger partial charge is 0.489 e. The molecule has 2 aromatic carbocycles. The number of likely N-dealkylation sites (N-methyl/N-ethyl adjacent to an activating group) is 1. The predicted octanol–water partition coefficient (Wildman–Crippen LogP) is 2.84. The quantitative estimate of drug-likeness (QED) is 0.918. The number of amides is 1. The molecular weight excluding hydrogens is 307 g/mol. The van der Waals surface area contributed by atoms with Crippen molar-refractivity contribution in [1.29, 1.82) is 0 Å². The molecule has 1 saturated heterocycles. The van der Waals surface area contributed by atoms with Gasteiger partial charge in [0.15, 0.2) is 0 Å². The average molecular weight is 328 g/mol. The Balaban J connectivity index is 1.66. The van der Waals surface area contributed by atoms with E-state index in [0.29, 0.717) is 17.9 Å². The summed E-state index contributed by atoms with van der Waals surface area (Å²) in [5.74, 6) is 0.153. The third-order valence-electron chi connectivity index (χ3n) is 4.28. The van der Waals surface area contributed by atoms with Crippen molar-refractivity contribution in [2.24, 2.45) is 0 Å². The summed E-state index contributed by atoms with van der Waals surface area (Å²) < 4.78 is 18.8. The highest BCUT2D eigenvalue weighted by atomic mass is 19.1. The van der Waals surface area contributed by atoms with Crippen LogP contribution in [-0.4, -0.2) is 37.0 Å². The number of benzene rings is 2. The maximum atomic E-state index is 13.2. The summed E-state index contributed by atoms with van der Waals surface area (Å²) >= 11 is 0. The van der Waals surface area contributed by atoms with Crippen molar-refractivity contribution in [3.8, 4) is 5.75 Å². The van der Waals surface area contributed by atoms with E-state index in [-0.39, 0.29) is 17.8 Å². The van der Waals surface area contributed by atoms with Gasteiger partial charge >= 0.3 is 0 Å². The second-order valence-corrected chi connectivity index (χ2v) is 6.01. The van der Waals surface area contributed by atoms with E-state index in [1.165, 1.54) is 12.1 Å². The monoisotopic (exact) mass is 328 g/mol. The summed E-state index contributed by atoms with van der Waals surface area (Å²) in [6.07, 6.45) is 0.977. The third kappa shape index (κ3) is 3.92. The van der Waals surface area contributed by atoms with Crippen molar-refractivity contribution in [2.45, 2.75) is 19.1 Å². The molecule has 1 heterocycles. The molecule has 1 aliphatic rings. The number of rotatable bonds is 5. The normalized spacial score (nSPS) is 16.8. The minimum Gasteiger partial charge on any atom is -0.489 e. The Morgan fingerprint density at radius 3 is 2.88 bits per heavy atom. The minimum absolute atomic E-state index is 0.0105. The zero-order chi connectivity index (χ0) is 16.9. The zero-order valence-electron chi connectivity index (χ0n) is 13.7. The van der Waals surface area contributed by atoms with Gasteiger partial charge in [-0.05, 0) is 42.8 Å². The van der Waals surface area contributed by atoms with Gasteiger partial charge in [0.25, 0.3) is 5.91 Å². The van der Waals surface area contributed by atoms with Crippen LogP contribution in [0.1, 0.15) is 22.3 Å². The molecule has 0 aromatic heterocycles. The Morgan fingerprint density at radius 2 is 2.12 bits per heavy atom. The number of hydrogen-bond acceptors (Lipinski definition) is 3. The molecule has 1 amide bonds. The Kier molecular flexibility index (Phi) is 5.11. The van der Waals surface area contributed by atoms with Gasteiger partial charge in [0, 0.05) is 31.3 Å². The maximum absolute atomic E-state index is 13.2. The lowest BCUT2D eigenvalue weighted by molar-refractivity contribution is 0.0743. The summed E-state index contributed by atoms with van der Waals surface area (Å²) in [5, 5.41) is 3.27. The molecule has 3 rings (SSSR count). The summed E-state index contributed by atoms with van der Waals surface area (Å²) in [4.78, 5) is 14.4. The molecule has 5 heteroatoms. The molecular formula is C19H21FN2O2. The van der Waals surface area contributed by atoms with E-state index in [4.69, 9.17) is 4.74 Å². The SMILES string of the molecule is CN(C(=O)c1cccc(COc2cccc(F)c2)c1)C1CCNC1. The Labute approximate surface area is 141 Å². The highest BCUT2D eigenvalue weighted by molar-refractivity contribution is 5.94. The van der Waals surface area contributed by atoms with E-state index < -0.39 is 0 Å². The first-order valence-corrected chi connectivity index (χ1v) is 8.08. The molecule has 0 bridgehead atoms. The van der Waals surface area contributed by atoms with Crippen molar-refractivity contribution >= 4 is 5.91 Å². The first-order valence-electron chi connectivity index (χ1n) is 8.08. The summed E-state index contributed by atoms with van der Waals surface area (Å²) in [6.45, 7) is 2.08. The first kappa shape index (κ1) is 16.5. The van der Waals surface area contributed by atoms with Crippen molar-refractivity contribution in [2.75, 3.05) is 20.1 Å². The number of ether oxygens (including phenoxy) is 1. The van der Waals surface area contributed by atoms with Crippen LogP contribution in [0, 0.1) is 5.82 Å². The topological polar surface area (TPSA) is 41.6 Å². The number of nitrogens with zero attached hydrogens (tertiary/aromatic N) is 1. The van der Waals surface area contributed by atoms with Gasteiger partial charge < -0.3 is 15.0 Å². The fourth-order valence-electron chi connectivity index (χ4n) is 2.86. The maximum Gasteiger partial charge on any atom is 0.253 e. The number of hydrogen-bond donors (Lipinski definition) is 1. The Morgan fingerprint density at radius 1 is 1.29 bits per heavy atom. The van der Waals surface area contributed by atoms with Crippen LogP contribution in [0.25, 0.3) is 0 Å². The van der Waals surface area contributed by atoms with Gasteiger partial charge in [-0.25, -0.2) is 4.39 Å². The average Bonchev–Trinajstić information content (AvgIpc) is 3.14. The number of carbonyl (C=O) groups excluding carboxylic acids is 1. The van der Waals surface area contributed by atoms with Crippen molar-refractivity contribution < 1.29 is 13.9 Å². The molecule has 2 aromatic rings. The Bertz CT molecular complexity index is 714. The van der Waals surface area contributed by atoms with E-state index in [2.05, 4.69) is 5.32 Å². The molecule has 4 nitrogen and oxygen atoms in total. The molecule has 0 saturated carbocycles. The molecule has 1 aliphatic heterocycles. The van der Waals surface area contributed by atoms with Crippen molar-refractivity contribution in [3.05, 3.63) is 65.5 Å². The van der Waals surface area contributed by atoms with E-state index in [1.54, 1.807) is 17.0 Å². The predicted molar refractivity (Wildman–Crippen MR) is 90.5 cm³/mol. The third-order valence-corrected chi connectivity index (χ3v) is 4.28. The molecule has 126 valence electrons. The van der Waals surface area contributed by atoms with Gasteiger partial charge in [0.1, 0.15) is 18.2 Å². The summed E-state index contributed by atoms with van der Waals surface area (Å²) in [5.41, 5.74) is 1.52. The highest BCUT2D eigenvalue weighted by Gasteiger charge is 2.24. The van der Waals surface area contributed by atoms with Crippen molar-refractivity contribution in [1.82, 2.24) is 10.2 Å². The van der Waals surface area contributed by atoms with Crippen LogP contribution in [-0.2, 0) is 6.61 Å². The fraction of sp³-hybridized carbons (Fsp3) is 0.316. The molecule has 1 N–H and O–H groups in total. The minimum atomic E-state index is -0.330. The van der Waals surface area contributed by atoms with E-state index >= 15 is 0 Å². The van der Waals surface area contributed by atoms with Crippen LogP contribution in [0.15, 0.2) is 48.5 Å². The molecule has 0 aliphatic carbocycles. The van der Waals surface area contributed by atoms with Gasteiger partial charge in [0.2, 0.25) is 0 Å². The van der Waals surface area contributed by atoms with E-state index in [1.807, 2.05) is 31.3 Å². The first-order chi connectivity index (χ1) is 11.6.